The monoisotopic (exact) mass is 406 g/mol. The van der Waals surface area contributed by atoms with Crippen LogP contribution >= 0.6 is 12.2 Å². The minimum absolute atomic E-state index is 0.237. The van der Waals surface area contributed by atoms with Gasteiger partial charge in [0, 0.05) is 18.2 Å². The minimum Gasteiger partial charge on any atom is -0.497 e. The summed E-state index contributed by atoms with van der Waals surface area (Å²) in [5, 5.41) is 6.24. The Hall–Kier alpha value is -3.20. The van der Waals surface area contributed by atoms with Gasteiger partial charge in [-0.15, -0.1) is 0 Å². The molecule has 150 valence electrons. The third-order valence-corrected chi connectivity index (χ3v) is 4.04. The molecule has 0 amide bonds. The number of ether oxygens (including phenoxy) is 5. The Bertz CT molecular complexity index is 872. The first-order valence-electron chi connectivity index (χ1n) is 8.11. The largest absolute Gasteiger partial charge is 0.497 e. The average molecular weight is 406 g/mol. The molecule has 0 aliphatic heterocycles. The number of nitrogens with one attached hydrogen (secondary N) is 2. The Morgan fingerprint density at radius 2 is 1.39 bits per heavy atom. The molecule has 2 rings (SSSR count). The van der Waals surface area contributed by atoms with E-state index in [0.29, 0.717) is 34.4 Å². The van der Waals surface area contributed by atoms with Gasteiger partial charge in [0.05, 0.1) is 52.5 Å². The van der Waals surface area contributed by atoms with Crippen LogP contribution in [-0.2, 0) is 4.74 Å². The molecular formula is C19H22N2O6S. The second kappa shape index (κ2) is 9.65. The van der Waals surface area contributed by atoms with Gasteiger partial charge in [-0.1, -0.05) is 0 Å². The number of anilines is 2. The van der Waals surface area contributed by atoms with Crippen LogP contribution in [0.1, 0.15) is 10.4 Å². The maximum absolute atomic E-state index is 12.2. The number of hydrogen-bond donors (Lipinski definition) is 2. The van der Waals surface area contributed by atoms with Crippen molar-refractivity contribution in [2.75, 3.05) is 46.2 Å². The molecule has 0 bridgehead atoms. The lowest BCUT2D eigenvalue weighted by molar-refractivity contribution is 0.0601. The maximum Gasteiger partial charge on any atom is 0.340 e. The number of hydrogen-bond acceptors (Lipinski definition) is 7. The van der Waals surface area contributed by atoms with Crippen LogP contribution in [0.15, 0.2) is 30.3 Å². The molecular weight excluding hydrogens is 384 g/mol. The molecule has 9 heteroatoms. The van der Waals surface area contributed by atoms with Gasteiger partial charge in [0.25, 0.3) is 0 Å². The lowest BCUT2D eigenvalue weighted by Crippen LogP contribution is -2.21. The van der Waals surface area contributed by atoms with E-state index >= 15 is 0 Å². The van der Waals surface area contributed by atoms with E-state index in [4.69, 9.17) is 35.9 Å². The van der Waals surface area contributed by atoms with Crippen LogP contribution in [0, 0.1) is 0 Å². The van der Waals surface area contributed by atoms with Crippen molar-refractivity contribution in [3.05, 3.63) is 35.9 Å². The van der Waals surface area contributed by atoms with Crippen molar-refractivity contribution >= 4 is 34.7 Å². The van der Waals surface area contributed by atoms with Gasteiger partial charge in [-0.3, -0.25) is 0 Å². The van der Waals surface area contributed by atoms with Crippen molar-refractivity contribution in [1.29, 1.82) is 0 Å². The molecule has 0 radical (unpaired) electrons. The van der Waals surface area contributed by atoms with Crippen LogP contribution in [0.3, 0.4) is 0 Å². The van der Waals surface area contributed by atoms with Crippen LogP contribution in [0.4, 0.5) is 11.4 Å². The molecule has 0 aliphatic carbocycles. The highest BCUT2D eigenvalue weighted by Gasteiger charge is 2.18. The van der Waals surface area contributed by atoms with E-state index in [1.54, 1.807) is 38.5 Å². The molecule has 0 aromatic heterocycles. The van der Waals surface area contributed by atoms with Crippen LogP contribution in [0.25, 0.3) is 0 Å². The smallest absolute Gasteiger partial charge is 0.340 e. The Balaban J connectivity index is 2.31. The molecule has 0 unspecified atom stereocenters. The lowest BCUT2D eigenvalue weighted by atomic mass is 10.1. The highest BCUT2D eigenvalue weighted by molar-refractivity contribution is 7.80. The summed E-state index contributed by atoms with van der Waals surface area (Å²) in [6, 6.07) is 8.38. The fourth-order valence-electron chi connectivity index (χ4n) is 2.44. The van der Waals surface area contributed by atoms with Crippen LogP contribution < -0.4 is 29.6 Å². The highest BCUT2D eigenvalue weighted by Crippen LogP contribution is 2.34. The SMILES string of the molecule is COC(=O)c1cc(OC)c(OC)cc1NC(=S)Nc1ccc(OC)cc1OC. The molecule has 0 atom stereocenters. The predicted octanol–water partition coefficient (Wildman–Crippen LogP) is 3.32. The number of esters is 1. The van der Waals surface area contributed by atoms with E-state index in [-0.39, 0.29) is 10.7 Å². The summed E-state index contributed by atoms with van der Waals surface area (Å²) in [5.74, 6) is 1.47. The average Bonchev–Trinajstić information content (AvgIpc) is 2.72. The fourth-order valence-corrected chi connectivity index (χ4v) is 2.66. The Kier molecular flexibility index (Phi) is 7.28. The standard InChI is InChI=1S/C19H22N2O6S/c1-23-11-6-7-13(15(8-11)24-2)20-19(28)21-14-10-17(26-4)16(25-3)9-12(14)18(22)27-5/h6-10H,1-5H3,(H2,20,21,28). The zero-order chi connectivity index (χ0) is 20.7. The van der Waals surface area contributed by atoms with Crippen LogP contribution in [0.5, 0.6) is 23.0 Å². The Morgan fingerprint density at radius 1 is 0.786 bits per heavy atom. The number of carbonyl (C=O) groups excluding carboxylic acids is 1. The van der Waals surface area contributed by atoms with Crippen molar-refractivity contribution in [3.63, 3.8) is 0 Å². The van der Waals surface area contributed by atoms with Crippen molar-refractivity contribution in [2.24, 2.45) is 0 Å². The number of methoxy groups -OCH3 is 5. The maximum atomic E-state index is 12.2. The molecule has 0 heterocycles. The second-order valence-corrected chi connectivity index (χ2v) is 5.80. The van der Waals surface area contributed by atoms with Crippen LogP contribution in [-0.4, -0.2) is 46.6 Å². The van der Waals surface area contributed by atoms with Gasteiger partial charge < -0.3 is 34.3 Å². The van der Waals surface area contributed by atoms with E-state index in [2.05, 4.69) is 10.6 Å². The first-order valence-corrected chi connectivity index (χ1v) is 8.52. The Labute approximate surface area is 168 Å². The molecule has 0 spiro atoms. The molecule has 2 N–H and O–H groups in total. The van der Waals surface area contributed by atoms with Gasteiger partial charge in [-0.25, -0.2) is 4.79 Å². The van der Waals surface area contributed by atoms with Gasteiger partial charge in [0.15, 0.2) is 16.6 Å². The Morgan fingerprint density at radius 3 is 1.96 bits per heavy atom. The van der Waals surface area contributed by atoms with Crippen LogP contribution in [0.2, 0.25) is 0 Å². The third-order valence-electron chi connectivity index (χ3n) is 3.83. The summed E-state index contributed by atoms with van der Waals surface area (Å²) < 4.78 is 25.9. The van der Waals surface area contributed by atoms with Gasteiger partial charge in [0.1, 0.15) is 11.5 Å². The van der Waals surface area contributed by atoms with E-state index in [0.717, 1.165) is 0 Å². The molecule has 2 aromatic carbocycles. The zero-order valence-corrected chi connectivity index (χ0v) is 17.1. The summed E-state index contributed by atoms with van der Waals surface area (Å²) in [5.41, 5.74) is 1.27. The molecule has 0 fully saturated rings. The molecule has 0 saturated heterocycles. The van der Waals surface area contributed by atoms with E-state index in [1.165, 1.54) is 27.4 Å². The summed E-state index contributed by atoms with van der Waals surface area (Å²) >= 11 is 5.38. The first kappa shape index (κ1) is 21.1. The number of thiocarbonyl (C=S) groups is 1. The molecule has 0 saturated carbocycles. The van der Waals surface area contributed by atoms with Gasteiger partial charge in [0.2, 0.25) is 0 Å². The topological polar surface area (TPSA) is 87.3 Å². The lowest BCUT2D eigenvalue weighted by Gasteiger charge is -2.17. The summed E-state index contributed by atoms with van der Waals surface area (Å²) in [6.07, 6.45) is 0. The van der Waals surface area contributed by atoms with Gasteiger partial charge >= 0.3 is 5.97 Å². The van der Waals surface area contributed by atoms with Crippen molar-refractivity contribution < 1.29 is 28.5 Å². The quantitative estimate of drug-likeness (QED) is 0.531. The second-order valence-electron chi connectivity index (χ2n) is 5.39. The summed E-state index contributed by atoms with van der Waals surface area (Å²) in [6.45, 7) is 0. The minimum atomic E-state index is -0.548. The zero-order valence-electron chi connectivity index (χ0n) is 16.2. The summed E-state index contributed by atoms with van der Waals surface area (Å²) in [4.78, 5) is 12.2. The van der Waals surface area contributed by atoms with E-state index in [9.17, 15) is 4.79 Å². The highest BCUT2D eigenvalue weighted by atomic mass is 32.1. The van der Waals surface area contributed by atoms with Gasteiger partial charge in [-0.2, -0.15) is 0 Å². The molecule has 28 heavy (non-hydrogen) atoms. The van der Waals surface area contributed by atoms with Crippen molar-refractivity contribution in [3.8, 4) is 23.0 Å². The summed E-state index contributed by atoms with van der Waals surface area (Å²) in [7, 11) is 7.38. The molecule has 2 aromatic rings. The van der Waals surface area contributed by atoms with E-state index < -0.39 is 5.97 Å². The fraction of sp³-hybridized carbons (Fsp3) is 0.263. The number of rotatable bonds is 7. The van der Waals surface area contributed by atoms with Gasteiger partial charge in [-0.05, 0) is 24.4 Å². The normalized spacial score (nSPS) is 9.89. The number of benzene rings is 2. The first-order chi connectivity index (χ1) is 13.5. The molecule has 8 nitrogen and oxygen atoms in total. The third kappa shape index (κ3) is 4.74. The van der Waals surface area contributed by atoms with Crippen molar-refractivity contribution in [2.45, 2.75) is 0 Å². The molecule has 0 aliphatic rings. The van der Waals surface area contributed by atoms with Crippen molar-refractivity contribution in [1.82, 2.24) is 0 Å². The number of carbonyl (C=O) groups is 1. The predicted molar refractivity (Wildman–Crippen MR) is 110 cm³/mol. The van der Waals surface area contributed by atoms with E-state index in [1.807, 2.05) is 0 Å².